The molecule has 21 heavy (non-hydrogen) atoms. The van der Waals surface area contributed by atoms with E-state index >= 15 is 0 Å². The summed E-state index contributed by atoms with van der Waals surface area (Å²) in [6.45, 7) is 4.44. The highest BCUT2D eigenvalue weighted by atomic mass is 35.5. The third-order valence-electron chi connectivity index (χ3n) is 3.27. The topological polar surface area (TPSA) is 12.0 Å². The molecule has 0 heterocycles. The molecule has 0 aromatic heterocycles. The number of nitrogens with one attached hydrogen (secondary N) is 1. The molecule has 0 saturated carbocycles. The second-order valence-electron chi connectivity index (χ2n) is 4.79. The van der Waals surface area contributed by atoms with Crippen molar-refractivity contribution in [2.24, 2.45) is 0 Å². The average Bonchev–Trinajstić information content (AvgIpc) is 2.44. The van der Waals surface area contributed by atoms with Gasteiger partial charge >= 0.3 is 0 Å². The van der Waals surface area contributed by atoms with Gasteiger partial charge in [0.2, 0.25) is 0 Å². The van der Waals surface area contributed by atoms with Crippen LogP contribution in [0.15, 0.2) is 30.3 Å². The van der Waals surface area contributed by atoms with Crippen molar-refractivity contribution in [3.05, 3.63) is 67.9 Å². The Hall–Kier alpha value is -0.800. The van der Waals surface area contributed by atoms with Gasteiger partial charge in [-0.25, -0.2) is 4.39 Å². The van der Waals surface area contributed by atoms with Crippen LogP contribution in [0.4, 0.5) is 4.39 Å². The van der Waals surface area contributed by atoms with Crippen LogP contribution in [0.25, 0.3) is 0 Å². The van der Waals surface area contributed by atoms with Crippen LogP contribution in [0.1, 0.15) is 29.7 Å². The quantitative estimate of drug-likeness (QED) is 0.738. The number of benzene rings is 2. The zero-order valence-electron chi connectivity index (χ0n) is 11.7. The molecule has 2 aromatic carbocycles. The van der Waals surface area contributed by atoms with Crippen molar-refractivity contribution in [3.63, 3.8) is 0 Å². The maximum absolute atomic E-state index is 13.6. The molecule has 1 nitrogen and oxygen atoms in total. The van der Waals surface area contributed by atoms with Crippen molar-refractivity contribution in [3.8, 4) is 0 Å². The van der Waals surface area contributed by atoms with E-state index in [1.165, 1.54) is 6.07 Å². The molecule has 0 aliphatic heterocycles. The van der Waals surface area contributed by atoms with Crippen LogP contribution in [-0.4, -0.2) is 6.54 Å². The lowest BCUT2D eigenvalue weighted by molar-refractivity contribution is 0.606. The molecular formula is C16H15Cl3FN. The van der Waals surface area contributed by atoms with Gasteiger partial charge in [0.05, 0.1) is 16.1 Å². The van der Waals surface area contributed by atoms with Crippen LogP contribution in [0, 0.1) is 12.7 Å². The van der Waals surface area contributed by atoms with Gasteiger partial charge in [-0.15, -0.1) is 0 Å². The Balaban J connectivity index is 2.52. The molecule has 1 atom stereocenters. The molecule has 0 spiro atoms. The first kappa shape index (κ1) is 16.6. The van der Waals surface area contributed by atoms with E-state index in [1.54, 1.807) is 25.1 Å². The predicted octanol–water partition coefficient (Wildman–Crippen LogP) is 5.79. The fraction of sp³-hybridized carbons (Fsp3) is 0.250. The Kier molecular flexibility index (Phi) is 5.50. The molecule has 2 rings (SSSR count). The van der Waals surface area contributed by atoms with Crippen LogP contribution >= 0.6 is 34.8 Å². The fourth-order valence-corrected chi connectivity index (χ4v) is 2.77. The predicted molar refractivity (Wildman–Crippen MR) is 88.1 cm³/mol. The summed E-state index contributed by atoms with van der Waals surface area (Å²) in [4.78, 5) is 0. The highest BCUT2D eigenvalue weighted by molar-refractivity contribution is 6.42. The van der Waals surface area contributed by atoms with Gasteiger partial charge < -0.3 is 5.32 Å². The molecule has 1 unspecified atom stereocenters. The number of halogens is 4. The molecule has 5 heteroatoms. The molecule has 1 N–H and O–H groups in total. The maximum Gasteiger partial charge on any atom is 0.127 e. The van der Waals surface area contributed by atoms with E-state index in [4.69, 9.17) is 34.8 Å². The lowest BCUT2D eigenvalue weighted by atomic mass is 9.97. The summed E-state index contributed by atoms with van der Waals surface area (Å²) >= 11 is 18.3. The lowest BCUT2D eigenvalue weighted by Crippen LogP contribution is -2.22. The molecule has 2 aromatic rings. The van der Waals surface area contributed by atoms with Gasteiger partial charge in [0.25, 0.3) is 0 Å². The van der Waals surface area contributed by atoms with Crippen LogP contribution in [0.5, 0.6) is 0 Å². The van der Waals surface area contributed by atoms with Gasteiger partial charge in [0, 0.05) is 5.02 Å². The van der Waals surface area contributed by atoms with Gasteiger partial charge in [0.1, 0.15) is 5.82 Å². The molecular weight excluding hydrogens is 332 g/mol. The standard InChI is InChI=1S/C16H15Cl3FN/c1-3-21-16(10-4-5-12(17)14(19)7-10)11-6-9(2)15(20)8-13(11)18/h4-8,16,21H,3H2,1-2H3. The van der Waals surface area contributed by atoms with Gasteiger partial charge in [0.15, 0.2) is 0 Å². The lowest BCUT2D eigenvalue weighted by Gasteiger charge is -2.21. The zero-order chi connectivity index (χ0) is 15.6. The maximum atomic E-state index is 13.6. The molecule has 0 radical (unpaired) electrons. The van der Waals surface area contributed by atoms with Gasteiger partial charge in [-0.1, -0.05) is 47.8 Å². The summed E-state index contributed by atoms with van der Waals surface area (Å²) in [5, 5.41) is 4.70. The van der Waals surface area contributed by atoms with E-state index in [2.05, 4.69) is 5.32 Å². The fourth-order valence-electron chi connectivity index (χ4n) is 2.20. The molecule has 0 amide bonds. The van der Waals surface area contributed by atoms with Gasteiger partial charge in [-0.2, -0.15) is 0 Å². The van der Waals surface area contributed by atoms with Crippen molar-refractivity contribution in [1.29, 1.82) is 0 Å². The summed E-state index contributed by atoms with van der Waals surface area (Å²) in [5.41, 5.74) is 2.30. The molecule has 0 aliphatic rings. The summed E-state index contributed by atoms with van der Waals surface area (Å²) < 4.78 is 13.6. The van der Waals surface area contributed by atoms with E-state index in [0.29, 0.717) is 20.6 Å². The number of hydrogen-bond donors (Lipinski definition) is 1. The van der Waals surface area contributed by atoms with Crippen LogP contribution in [0.2, 0.25) is 15.1 Å². The Bertz CT molecular complexity index is 658. The monoisotopic (exact) mass is 345 g/mol. The van der Waals surface area contributed by atoms with E-state index < -0.39 is 0 Å². The first-order valence-corrected chi connectivity index (χ1v) is 7.71. The highest BCUT2D eigenvalue weighted by Gasteiger charge is 2.18. The SMILES string of the molecule is CCNC(c1ccc(Cl)c(Cl)c1)c1cc(C)c(F)cc1Cl. The zero-order valence-corrected chi connectivity index (χ0v) is 14.0. The van der Waals surface area contributed by atoms with E-state index in [0.717, 1.165) is 17.7 Å². The second-order valence-corrected chi connectivity index (χ2v) is 6.01. The van der Waals surface area contributed by atoms with Crippen LogP contribution < -0.4 is 5.32 Å². The van der Waals surface area contributed by atoms with Gasteiger partial charge in [-0.05, 0) is 54.4 Å². The Morgan fingerprint density at radius 3 is 2.38 bits per heavy atom. The molecule has 0 fully saturated rings. The third-order valence-corrected chi connectivity index (χ3v) is 4.34. The second kappa shape index (κ2) is 6.97. The van der Waals surface area contributed by atoms with E-state index in [-0.39, 0.29) is 11.9 Å². The molecule has 112 valence electrons. The van der Waals surface area contributed by atoms with E-state index in [1.807, 2.05) is 13.0 Å². The Morgan fingerprint density at radius 1 is 1.05 bits per heavy atom. The highest BCUT2D eigenvalue weighted by Crippen LogP contribution is 2.33. The minimum atomic E-state index is -0.312. The average molecular weight is 347 g/mol. The van der Waals surface area contributed by atoms with Crippen molar-refractivity contribution in [2.75, 3.05) is 6.54 Å². The smallest absolute Gasteiger partial charge is 0.127 e. The Morgan fingerprint density at radius 2 is 1.76 bits per heavy atom. The summed E-state index contributed by atoms with van der Waals surface area (Å²) in [6, 6.07) is 8.36. The van der Waals surface area contributed by atoms with Gasteiger partial charge in [-0.3, -0.25) is 0 Å². The number of rotatable bonds is 4. The van der Waals surface area contributed by atoms with Crippen LogP contribution in [-0.2, 0) is 0 Å². The van der Waals surface area contributed by atoms with Crippen molar-refractivity contribution >= 4 is 34.8 Å². The first-order chi connectivity index (χ1) is 9.93. The van der Waals surface area contributed by atoms with E-state index in [9.17, 15) is 4.39 Å². The minimum absolute atomic E-state index is 0.170. The molecule has 0 bridgehead atoms. The van der Waals surface area contributed by atoms with Crippen LogP contribution in [0.3, 0.4) is 0 Å². The minimum Gasteiger partial charge on any atom is -0.306 e. The molecule has 0 saturated heterocycles. The number of aryl methyl sites for hydroxylation is 1. The molecule has 0 aliphatic carbocycles. The third kappa shape index (κ3) is 3.70. The first-order valence-electron chi connectivity index (χ1n) is 6.58. The summed E-state index contributed by atoms with van der Waals surface area (Å²) in [6.07, 6.45) is 0. The summed E-state index contributed by atoms with van der Waals surface area (Å²) in [5.74, 6) is -0.312. The number of hydrogen-bond acceptors (Lipinski definition) is 1. The Labute approximate surface area is 139 Å². The van der Waals surface area contributed by atoms with Crippen molar-refractivity contribution in [2.45, 2.75) is 19.9 Å². The normalized spacial score (nSPS) is 12.5. The largest absolute Gasteiger partial charge is 0.306 e. The van der Waals surface area contributed by atoms with Crippen molar-refractivity contribution in [1.82, 2.24) is 5.32 Å². The van der Waals surface area contributed by atoms with Crippen molar-refractivity contribution < 1.29 is 4.39 Å². The summed E-state index contributed by atoms with van der Waals surface area (Å²) in [7, 11) is 0.